The Hall–Kier alpha value is -3.60. The summed E-state index contributed by atoms with van der Waals surface area (Å²) >= 11 is 6.40. The summed E-state index contributed by atoms with van der Waals surface area (Å²) < 4.78 is 33.0. The van der Waals surface area contributed by atoms with E-state index in [1.54, 1.807) is 18.2 Å². The summed E-state index contributed by atoms with van der Waals surface area (Å²) in [7, 11) is -3.82. The fourth-order valence-electron chi connectivity index (χ4n) is 3.15. The predicted molar refractivity (Wildman–Crippen MR) is 128 cm³/mol. The highest BCUT2D eigenvalue weighted by atomic mass is 35.5. The number of anilines is 1. The lowest BCUT2D eigenvalue weighted by atomic mass is 9.98. The van der Waals surface area contributed by atoms with Gasteiger partial charge in [0.05, 0.1) is 6.04 Å². The minimum atomic E-state index is -4.97. The van der Waals surface area contributed by atoms with E-state index in [2.05, 4.69) is 30.9 Å². The summed E-state index contributed by atoms with van der Waals surface area (Å²) in [6.07, 6.45) is 0. The van der Waals surface area contributed by atoms with Crippen molar-refractivity contribution in [2.45, 2.75) is 12.1 Å². The first kappa shape index (κ1) is 27.0. The zero-order valence-corrected chi connectivity index (χ0v) is 20.8. The zero-order valence-electron chi connectivity index (χ0n) is 18.4. The molecular weight excluding hydrogens is 540 g/mol. The van der Waals surface area contributed by atoms with Crippen LogP contribution in [-0.4, -0.2) is 83.2 Å². The van der Waals surface area contributed by atoms with Gasteiger partial charge in [0, 0.05) is 17.5 Å². The summed E-state index contributed by atoms with van der Waals surface area (Å²) in [5.41, 5.74) is -0.126. The number of β-lactam (4-membered cyclic amide) rings is 1. The van der Waals surface area contributed by atoms with Crippen molar-refractivity contribution in [1.82, 2.24) is 19.9 Å². The van der Waals surface area contributed by atoms with E-state index >= 15 is 0 Å². The first-order chi connectivity index (χ1) is 17.1. The highest BCUT2D eigenvalue weighted by molar-refractivity contribution is 7.84. The Morgan fingerprint density at radius 3 is 2.58 bits per heavy atom. The molecule has 1 aromatic carbocycles. The van der Waals surface area contributed by atoms with Crippen LogP contribution in [0.15, 0.2) is 40.9 Å². The van der Waals surface area contributed by atoms with Gasteiger partial charge in [-0.3, -0.25) is 23.7 Å². The summed E-state index contributed by atoms with van der Waals surface area (Å²) in [4.78, 5) is 57.9. The number of carbonyl (C=O) groups excluding carboxylic acids is 4. The van der Waals surface area contributed by atoms with Gasteiger partial charge in [-0.2, -0.15) is 8.42 Å². The lowest BCUT2D eigenvalue weighted by Crippen LogP contribution is -2.74. The minimum Gasteiger partial charge on any atom is -0.398 e. The lowest BCUT2D eigenvalue weighted by Gasteiger charge is -2.44. The second kappa shape index (κ2) is 11.4. The average molecular weight is 559 g/mol. The molecule has 17 heteroatoms. The fraction of sp³-hybridized carbons (Fsp3) is 0.263. The van der Waals surface area contributed by atoms with Crippen molar-refractivity contribution in [2.24, 2.45) is 5.16 Å². The minimum absolute atomic E-state index is 0.0171. The molecule has 2 atom stereocenters. The highest BCUT2D eigenvalue weighted by Gasteiger charge is 2.54. The van der Waals surface area contributed by atoms with Crippen LogP contribution in [0.25, 0.3) is 0 Å². The second-order valence-corrected chi connectivity index (χ2v) is 9.46. The van der Waals surface area contributed by atoms with Gasteiger partial charge < -0.3 is 20.8 Å². The number of thiazole rings is 1. The van der Waals surface area contributed by atoms with E-state index in [-0.39, 0.29) is 32.3 Å². The molecule has 14 nitrogen and oxygen atoms in total. The molecular formula is C19H19ClN6O8S2. The molecule has 0 unspecified atom stereocenters. The number of hydrogen-bond donors (Lipinski definition) is 4. The Morgan fingerprint density at radius 1 is 1.28 bits per heavy atom. The fourth-order valence-corrected chi connectivity index (χ4v) is 4.81. The summed E-state index contributed by atoms with van der Waals surface area (Å²) in [6, 6.07) is 5.21. The number of nitrogens with zero attached hydrogens (tertiary/aromatic N) is 3. The van der Waals surface area contributed by atoms with E-state index in [1.807, 2.05) is 0 Å². The van der Waals surface area contributed by atoms with E-state index < -0.39 is 52.6 Å². The molecule has 1 aliphatic rings. The van der Waals surface area contributed by atoms with E-state index in [0.717, 1.165) is 18.4 Å². The topological polar surface area (TPSA) is 196 Å². The summed E-state index contributed by atoms with van der Waals surface area (Å²) in [5.74, 6) is -3.51. The number of nitrogens with one attached hydrogen (secondary N) is 3. The van der Waals surface area contributed by atoms with Crippen LogP contribution in [0.4, 0.5) is 5.13 Å². The Bertz CT molecular complexity index is 1300. The summed E-state index contributed by atoms with van der Waals surface area (Å²) in [5, 5.41) is 12.3. The van der Waals surface area contributed by atoms with Gasteiger partial charge in [0.25, 0.3) is 17.7 Å². The molecule has 0 spiro atoms. The molecule has 4 amide bonds. The highest BCUT2D eigenvalue weighted by Crippen LogP contribution is 2.24. The standard InChI is InChI=1S/C19H19ClN6O8S2/c1-34-25-14(11-9-35-19(22-11)23-13(27)7-20)17(29)24-15-12(26(18(15)30)36(31,32)33)8-21-16(28)10-5-3-2-4-6-10/h2-6,9,12,15H,7-8H2,1H3,(H,21,28)(H,24,29)(H,22,23,27)(H,31,32,33)/t12-,15+/m1/s1. The van der Waals surface area contributed by atoms with Crippen molar-refractivity contribution in [1.29, 1.82) is 0 Å². The van der Waals surface area contributed by atoms with E-state index in [1.165, 1.54) is 17.5 Å². The van der Waals surface area contributed by atoms with E-state index in [0.29, 0.717) is 0 Å². The largest absolute Gasteiger partial charge is 0.398 e. The quantitative estimate of drug-likeness (QED) is 0.0985. The van der Waals surface area contributed by atoms with Crippen LogP contribution in [0, 0.1) is 0 Å². The zero-order chi connectivity index (χ0) is 26.5. The maximum atomic E-state index is 12.9. The third-order valence-corrected chi connectivity index (χ3v) is 6.67. The van der Waals surface area contributed by atoms with Crippen LogP contribution in [-0.2, 0) is 29.5 Å². The maximum Gasteiger partial charge on any atom is 0.362 e. The molecule has 1 fully saturated rings. The average Bonchev–Trinajstić information content (AvgIpc) is 3.30. The molecule has 3 rings (SSSR count). The molecule has 1 aromatic heterocycles. The smallest absolute Gasteiger partial charge is 0.362 e. The van der Waals surface area contributed by atoms with Gasteiger partial charge in [-0.15, -0.1) is 22.9 Å². The summed E-state index contributed by atoms with van der Waals surface area (Å²) in [6.45, 7) is -0.410. The van der Waals surface area contributed by atoms with Gasteiger partial charge in [0.1, 0.15) is 24.7 Å². The monoisotopic (exact) mass is 558 g/mol. The molecule has 0 bridgehead atoms. The molecule has 2 heterocycles. The maximum absolute atomic E-state index is 12.9. The van der Waals surface area contributed by atoms with Crippen molar-refractivity contribution in [3.63, 3.8) is 0 Å². The number of rotatable bonds is 10. The van der Waals surface area contributed by atoms with Gasteiger partial charge in [-0.1, -0.05) is 23.4 Å². The number of amides is 4. The third-order valence-electron chi connectivity index (χ3n) is 4.72. The molecule has 192 valence electrons. The second-order valence-electron chi connectivity index (χ2n) is 7.05. The molecule has 36 heavy (non-hydrogen) atoms. The van der Waals surface area contributed by atoms with Crippen molar-refractivity contribution >= 4 is 67.7 Å². The predicted octanol–water partition coefficient (Wildman–Crippen LogP) is -0.401. The van der Waals surface area contributed by atoms with Crippen LogP contribution < -0.4 is 16.0 Å². The number of alkyl halides is 1. The van der Waals surface area contributed by atoms with Gasteiger partial charge in [-0.25, -0.2) is 9.29 Å². The number of halogens is 1. The SMILES string of the molecule is CON=C(C(=O)N[C@@H]1C(=O)N(S(=O)(=O)O)[C@@H]1CNC(=O)c1ccccc1)c1csc(NC(=O)CCl)n1. The van der Waals surface area contributed by atoms with E-state index in [4.69, 9.17) is 11.6 Å². The van der Waals surface area contributed by atoms with Gasteiger partial charge in [0.15, 0.2) is 10.8 Å². The Balaban J connectivity index is 1.76. The van der Waals surface area contributed by atoms with Crippen LogP contribution >= 0.6 is 22.9 Å². The molecule has 2 aromatic rings. The molecule has 4 N–H and O–H groups in total. The van der Waals surface area contributed by atoms with Crippen LogP contribution in [0.2, 0.25) is 0 Å². The molecule has 0 saturated carbocycles. The number of aromatic nitrogens is 1. The first-order valence-electron chi connectivity index (χ1n) is 9.94. The molecule has 1 aliphatic heterocycles. The Kier molecular flexibility index (Phi) is 8.57. The van der Waals surface area contributed by atoms with Gasteiger partial charge in [-0.05, 0) is 12.1 Å². The number of hydrogen-bond acceptors (Lipinski definition) is 10. The number of benzene rings is 1. The number of oxime groups is 1. The molecule has 0 radical (unpaired) electrons. The Morgan fingerprint density at radius 2 is 1.97 bits per heavy atom. The van der Waals surface area contributed by atoms with Crippen molar-refractivity contribution in [3.05, 3.63) is 47.0 Å². The molecule has 1 saturated heterocycles. The third kappa shape index (κ3) is 6.14. The van der Waals surface area contributed by atoms with E-state index in [9.17, 15) is 32.1 Å². The van der Waals surface area contributed by atoms with Crippen LogP contribution in [0.3, 0.4) is 0 Å². The lowest BCUT2D eigenvalue weighted by molar-refractivity contribution is -0.144. The van der Waals surface area contributed by atoms with Crippen molar-refractivity contribution < 1.29 is 37.0 Å². The van der Waals surface area contributed by atoms with Crippen molar-refractivity contribution in [3.8, 4) is 0 Å². The van der Waals surface area contributed by atoms with Crippen molar-refractivity contribution in [2.75, 3.05) is 24.9 Å². The number of carbonyl (C=O) groups is 4. The Labute approximate surface area is 213 Å². The van der Waals surface area contributed by atoms with Crippen LogP contribution in [0.1, 0.15) is 16.1 Å². The first-order valence-corrected chi connectivity index (χ1v) is 12.8. The van der Waals surface area contributed by atoms with Gasteiger partial charge >= 0.3 is 10.3 Å². The molecule has 0 aliphatic carbocycles. The van der Waals surface area contributed by atoms with Crippen LogP contribution in [0.5, 0.6) is 0 Å². The van der Waals surface area contributed by atoms with Gasteiger partial charge in [0.2, 0.25) is 5.91 Å². The normalized spacial score (nSPS) is 17.7.